The average molecular weight is 417 g/mol. The number of likely N-dealkylation sites (N-methyl/N-ethyl adjacent to an activating group) is 1. The van der Waals surface area contributed by atoms with Crippen molar-refractivity contribution in [1.82, 2.24) is 9.47 Å². The molecule has 2 aromatic carbocycles. The van der Waals surface area contributed by atoms with Crippen LogP contribution in [0, 0.1) is 0 Å². The first kappa shape index (κ1) is 18.5. The molecule has 2 aliphatic rings. The minimum absolute atomic E-state index is 0.557. The second-order valence-corrected chi connectivity index (χ2v) is 8.43. The van der Waals surface area contributed by atoms with Crippen molar-refractivity contribution >= 4 is 34.1 Å². The van der Waals surface area contributed by atoms with Gasteiger partial charge < -0.3 is 18.9 Å². The number of ether oxygens (including phenoxy) is 2. The molecule has 0 bridgehead atoms. The summed E-state index contributed by atoms with van der Waals surface area (Å²) in [7, 11) is 2.16. The Morgan fingerprint density at radius 2 is 1.86 bits per heavy atom. The van der Waals surface area contributed by atoms with E-state index in [4.69, 9.17) is 32.7 Å². The normalized spacial score (nSPS) is 19.2. The smallest absolute Gasteiger partial charge is 0.215 e. The van der Waals surface area contributed by atoms with Gasteiger partial charge in [0.15, 0.2) is 0 Å². The lowest BCUT2D eigenvalue weighted by molar-refractivity contribution is -0.175. The van der Waals surface area contributed by atoms with Crippen molar-refractivity contribution < 1.29 is 9.47 Å². The highest BCUT2D eigenvalue weighted by molar-refractivity contribution is 6.31. The molecule has 6 heteroatoms. The highest BCUT2D eigenvalue weighted by Crippen LogP contribution is 2.40. The van der Waals surface area contributed by atoms with Gasteiger partial charge in [-0.3, -0.25) is 0 Å². The Morgan fingerprint density at radius 3 is 2.64 bits per heavy atom. The van der Waals surface area contributed by atoms with E-state index in [-0.39, 0.29) is 0 Å². The van der Waals surface area contributed by atoms with Crippen molar-refractivity contribution in [2.45, 2.75) is 25.3 Å². The maximum Gasteiger partial charge on any atom is 0.215 e. The number of hydrogen-bond donors (Lipinski definition) is 0. The van der Waals surface area contributed by atoms with Gasteiger partial charge in [-0.25, -0.2) is 0 Å². The third kappa shape index (κ3) is 2.95. The molecular formula is C22H22Cl2N2O2. The second-order valence-electron chi connectivity index (χ2n) is 7.59. The van der Waals surface area contributed by atoms with Gasteiger partial charge >= 0.3 is 0 Å². The minimum atomic E-state index is -0.874. The number of hydrogen-bond acceptors (Lipinski definition) is 3. The highest BCUT2D eigenvalue weighted by atomic mass is 35.5. The molecule has 4 nitrogen and oxygen atoms in total. The number of halogens is 2. The van der Waals surface area contributed by atoms with Gasteiger partial charge in [-0.15, -0.1) is 0 Å². The molecule has 0 saturated carbocycles. The number of aromatic nitrogens is 1. The van der Waals surface area contributed by atoms with Crippen LogP contribution in [-0.2, 0) is 34.8 Å². The van der Waals surface area contributed by atoms with Gasteiger partial charge in [0.25, 0.3) is 0 Å². The first-order chi connectivity index (χ1) is 13.6. The van der Waals surface area contributed by atoms with Crippen molar-refractivity contribution in [3.63, 3.8) is 0 Å². The number of rotatable bonds is 3. The molecule has 0 amide bonds. The average Bonchev–Trinajstić information content (AvgIpc) is 3.26. The van der Waals surface area contributed by atoms with Gasteiger partial charge in [-0.2, -0.15) is 0 Å². The van der Waals surface area contributed by atoms with Crippen LogP contribution in [0.15, 0.2) is 42.5 Å². The monoisotopic (exact) mass is 416 g/mol. The van der Waals surface area contributed by atoms with Gasteiger partial charge in [-0.1, -0.05) is 41.4 Å². The Labute approximate surface area is 174 Å². The molecule has 2 aliphatic heterocycles. The van der Waals surface area contributed by atoms with E-state index in [1.54, 1.807) is 0 Å². The number of fused-ring (bicyclic) bond motifs is 3. The molecule has 1 aromatic heterocycles. The summed E-state index contributed by atoms with van der Waals surface area (Å²) >= 11 is 12.9. The van der Waals surface area contributed by atoms with Gasteiger partial charge in [-0.05, 0) is 36.9 Å². The SMILES string of the molecule is CN1CCc2c(c3cc(Cl)ccc3n2CC2(c3ccccc3Cl)OCCO2)C1. The topological polar surface area (TPSA) is 26.6 Å². The molecule has 3 aromatic rings. The summed E-state index contributed by atoms with van der Waals surface area (Å²) in [5.41, 5.74) is 4.72. The molecule has 28 heavy (non-hydrogen) atoms. The van der Waals surface area contributed by atoms with E-state index in [0.29, 0.717) is 24.8 Å². The maximum atomic E-state index is 6.54. The lowest BCUT2D eigenvalue weighted by Crippen LogP contribution is -2.35. The van der Waals surface area contributed by atoms with Crippen LogP contribution in [0.2, 0.25) is 10.0 Å². The van der Waals surface area contributed by atoms with E-state index in [1.165, 1.54) is 16.6 Å². The van der Waals surface area contributed by atoms with E-state index in [1.807, 2.05) is 30.3 Å². The zero-order chi connectivity index (χ0) is 19.3. The van der Waals surface area contributed by atoms with Crippen molar-refractivity contribution in [2.75, 3.05) is 26.8 Å². The standard InChI is InChI=1S/C22H22Cl2N2O2/c1-25-9-8-21-17(13-25)16-12-15(23)6-7-20(16)26(21)14-22(27-10-11-28-22)18-4-2-3-5-19(18)24/h2-7,12H,8-11,13-14H2,1H3. The second kappa shape index (κ2) is 7.05. The van der Waals surface area contributed by atoms with E-state index in [0.717, 1.165) is 35.6 Å². The van der Waals surface area contributed by atoms with Crippen LogP contribution in [0.3, 0.4) is 0 Å². The molecule has 3 heterocycles. The van der Waals surface area contributed by atoms with Gasteiger partial charge in [0.1, 0.15) is 0 Å². The molecule has 5 rings (SSSR count). The summed E-state index contributed by atoms with van der Waals surface area (Å²) in [6, 6.07) is 13.9. The zero-order valence-electron chi connectivity index (χ0n) is 15.8. The van der Waals surface area contributed by atoms with Crippen LogP contribution in [0.5, 0.6) is 0 Å². The first-order valence-electron chi connectivity index (χ1n) is 9.58. The van der Waals surface area contributed by atoms with Crippen LogP contribution >= 0.6 is 23.2 Å². The van der Waals surface area contributed by atoms with Gasteiger partial charge in [0, 0.05) is 51.7 Å². The van der Waals surface area contributed by atoms with Crippen LogP contribution in [0.4, 0.5) is 0 Å². The Morgan fingerprint density at radius 1 is 1.07 bits per heavy atom. The summed E-state index contributed by atoms with van der Waals surface area (Å²) in [4.78, 5) is 2.35. The largest absolute Gasteiger partial charge is 0.342 e. The summed E-state index contributed by atoms with van der Waals surface area (Å²) in [6.45, 7) is 3.62. The maximum absolute atomic E-state index is 6.54. The van der Waals surface area contributed by atoms with E-state index >= 15 is 0 Å². The molecule has 0 spiro atoms. The molecule has 0 atom stereocenters. The van der Waals surface area contributed by atoms with E-state index < -0.39 is 5.79 Å². The van der Waals surface area contributed by atoms with Crippen molar-refractivity contribution in [3.05, 3.63) is 69.3 Å². The van der Waals surface area contributed by atoms with Gasteiger partial charge in [0.2, 0.25) is 5.79 Å². The number of nitrogens with zero attached hydrogens (tertiary/aromatic N) is 2. The minimum Gasteiger partial charge on any atom is -0.342 e. The fourth-order valence-corrected chi connectivity index (χ4v) is 4.95. The molecular weight excluding hydrogens is 395 g/mol. The highest BCUT2D eigenvalue weighted by Gasteiger charge is 2.42. The predicted octanol–water partition coefficient (Wildman–Crippen LogP) is 4.84. The summed E-state index contributed by atoms with van der Waals surface area (Å²) in [5.74, 6) is -0.874. The molecule has 0 aliphatic carbocycles. The van der Waals surface area contributed by atoms with E-state index in [9.17, 15) is 0 Å². The van der Waals surface area contributed by atoms with E-state index in [2.05, 4.69) is 28.6 Å². The third-order valence-electron chi connectivity index (χ3n) is 5.81. The molecule has 1 saturated heterocycles. The molecule has 0 unspecified atom stereocenters. The fraction of sp³-hybridized carbons (Fsp3) is 0.364. The van der Waals surface area contributed by atoms with Crippen LogP contribution in [0.25, 0.3) is 10.9 Å². The van der Waals surface area contributed by atoms with Crippen molar-refractivity contribution in [1.29, 1.82) is 0 Å². The van der Waals surface area contributed by atoms with Crippen LogP contribution in [0.1, 0.15) is 16.8 Å². The van der Waals surface area contributed by atoms with Gasteiger partial charge in [0.05, 0.1) is 19.8 Å². The summed E-state index contributed by atoms with van der Waals surface area (Å²) in [6.07, 6.45) is 0.983. The lowest BCUT2D eigenvalue weighted by atomic mass is 10.0. The van der Waals surface area contributed by atoms with Crippen LogP contribution < -0.4 is 0 Å². The lowest BCUT2D eigenvalue weighted by Gasteiger charge is -2.31. The number of benzene rings is 2. The first-order valence-corrected chi connectivity index (χ1v) is 10.3. The molecule has 146 valence electrons. The quantitative estimate of drug-likeness (QED) is 0.611. The summed E-state index contributed by atoms with van der Waals surface area (Å²) in [5, 5.41) is 2.63. The fourth-order valence-electron chi connectivity index (χ4n) is 4.50. The van der Waals surface area contributed by atoms with Crippen LogP contribution in [-0.4, -0.2) is 36.3 Å². The Balaban J connectivity index is 1.68. The third-order valence-corrected chi connectivity index (χ3v) is 6.38. The van der Waals surface area contributed by atoms with Crippen molar-refractivity contribution in [3.8, 4) is 0 Å². The molecule has 1 fully saturated rings. The summed E-state index contributed by atoms with van der Waals surface area (Å²) < 4.78 is 14.8. The molecule has 0 N–H and O–H groups in total. The predicted molar refractivity (Wildman–Crippen MR) is 112 cm³/mol. The van der Waals surface area contributed by atoms with Crippen molar-refractivity contribution in [2.24, 2.45) is 0 Å². The Hall–Kier alpha value is -1.56. The zero-order valence-corrected chi connectivity index (χ0v) is 17.3. The molecule has 0 radical (unpaired) electrons. The Kier molecular flexibility index (Phi) is 4.65. The Bertz CT molecular complexity index is 1040.